The molecule has 4 N–H and O–H groups in total. The van der Waals surface area contributed by atoms with Gasteiger partial charge in [-0.3, -0.25) is 9.59 Å². The molecule has 0 fully saturated rings. The number of carbonyl (C=O) groups is 2. The van der Waals surface area contributed by atoms with Crippen molar-refractivity contribution >= 4 is 28.4 Å². The zero-order valence-electron chi connectivity index (χ0n) is 13.5. The molecule has 6 heteroatoms. The standard InChI is InChI=1S/C19H19N3O3/c23-12-16(10-13-4-2-1-3-5-13)22-19(25)18(24)21-15-6-7-17-14(11-15)8-9-20-17/h1-9,11,16,20,23H,10,12H2,(H,21,24)(H,22,25). The predicted octanol–water partition coefficient (Wildman–Crippen LogP) is 1.83. The second-order valence-electron chi connectivity index (χ2n) is 5.78. The normalized spacial score (nSPS) is 11.9. The fourth-order valence-electron chi connectivity index (χ4n) is 2.63. The second kappa shape index (κ2) is 7.63. The Morgan fingerprint density at radius 3 is 2.60 bits per heavy atom. The third-order valence-electron chi connectivity index (χ3n) is 3.90. The minimum absolute atomic E-state index is 0.247. The Morgan fingerprint density at radius 2 is 1.84 bits per heavy atom. The number of nitrogens with one attached hydrogen (secondary N) is 3. The summed E-state index contributed by atoms with van der Waals surface area (Å²) in [5.41, 5.74) is 2.46. The molecule has 25 heavy (non-hydrogen) atoms. The van der Waals surface area contributed by atoms with Crippen molar-refractivity contribution in [2.75, 3.05) is 11.9 Å². The van der Waals surface area contributed by atoms with E-state index in [1.54, 1.807) is 18.3 Å². The topological polar surface area (TPSA) is 94.2 Å². The predicted molar refractivity (Wildman–Crippen MR) is 96.1 cm³/mol. The van der Waals surface area contributed by atoms with Gasteiger partial charge in [-0.2, -0.15) is 0 Å². The first-order valence-electron chi connectivity index (χ1n) is 7.99. The molecule has 6 nitrogen and oxygen atoms in total. The van der Waals surface area contributed by atoms with Gasteiger partial charge in [0.1, 0.15) is 0 Å². The summed E-state index contributed by atoms with van der Waals surface area (Å²) >= 11 is 0. The van der Waals surface area contributed by atoms with Crippen LogP contribution in [0, 0.1) is 0 Å². The molecule has 0 aliphatic carbocycles. The molecule has 0 bridgehead atoms. The Kier molecular flexibility index (Phi) is 5.11. The summed E-state index contributed by atoms with van der Waals surface area (Å²) in [5.74, 6) is -1.54. The van der Waals surface area contributed by atoms with Crippen molar-refractivity contribution in [1.29, 1.82) is 0 Å². The van der Waals surface area contributed by atoms with Gasteiger partial charge >= 0.3 is 11.8 Å². The summed E-state index contributed by atoms with van der Waals surface area (Å²) in [4.78, 5) is 27.2. The first-order chi connectivity index (χ1) is 12.2. The van der Waals surface area contributed by atoms with Crippen LogP contribution in [0.15, 0.2) is 60.8 Å². The summed E-state index contributed by atoms with van der Waals surface area (Å²) in [6, 6.07) is 16.2. The van der Waals surface area contributed by atoms with Crippen LogP contribution in [0.1, 0.15) is 5.56 Å². The number of rotatable bonds is 5. The molecule has 2 amide bonds. The second-order valence-corrected chi connectivity index (χ2v) is 5.78. The molecule has 3 aromatic rings. The van der Waals surface area contributed by atoms with E-state index < -0.39 is 17.9 Å². The summed E-state index contributed by atoms with van der Waals surface area (Å²) < 4.78 is 0. The number of fused-ring (bicyclic) bond motifs is 1. The molecular formula is C19H19N3O3. The van der Waals surface area contributed by atoms with E-state index >= 15 is 0 Å². The Labute approximate surface area is 144 Å². The van der Waals surface area contributed by atoms with Gasteiger partial charge in [-0.1, -0.05) is 30.3 Å². The number of aromatic amines is 1. The molecule has 128 valence electrons. The molecule has 0 spiro atoms. The summed E-state index contributed by atoms with van der Waals surface area (Å²) in [6.07, 6.45) is 2.25. The van der Waals surface area contributed by atoms with Crippen LogP contribution in [0.5, 0.6) is 0 Å². The van der Waals surface area contributed by atoms with Crippen molar-refractivity contribution in [3.63, 3.8) is 0 Å². The SMILES string of the molecule is O=C(Nc1ccc2[nH]ccc2c1)C(=O)NC(CO)Cc1ccccc1. The van der Waals surface area contributed by atoms with Crippen LogP contribution in [0.2, 0.25) is 0 Å². The number of benzene rings is 2. The van der Waals surface area contributed by atoms with Gasteiger partial charge in [-0.05, 0) is 36.2 Å². The smallest absolute Gasteiger partial charge is 0.313 e. The van der Waals surface area contributed by atoms with Gasteiger partial charge in [0.15, 0.2) is 0 Å². The number of amides is 2. The van der Waals surface area contributed by atoms with Crippen molar-refractivity contribution in [3.05, 3.63) is 66.4 Å². The van der Waals surface area contributed by atoms with E-state index in [0.717, 1.165) is 16.5 Å². The fourth-order valence-corrected chi connectivity index (χ4v) is 2.63. The monoisotopic (exact) mass is 337 g/mol. The highest BCUT2D eigenvalue weighted by molar-refractivity contribution is 6.39. The Hall–Kier alpha value is -3.12. The lowest BCUT2D eigenvalue weighted by atomic mass is 10.1. The highest BCUT2D eigenvalue weighted by Gasteiger charge is 2.18. The molecule has 0 aliphatic rings. The number of anilines is 1. The first-order valence-corrected chi connectivity index (χ1v) is 7.99. The molecule has 0 radical (unpaired) electrons. The van der Waals surface area contributed by atoms with Crippen LogP contribution in [-0.4, -0.2) is 34.6 Å². The van der Waals surface area contributed by atoms with Gasteiger partial charge in [-0.15, -0.1) is 0 Å². The largest absolute Gasteiger partial charge is 0.394 e. The van der Waals surface area contributed by atoms with Gasteiger partial charge in [0.2, 0.25) is 0 Å². The van der Waals surface area contributed by atoms with Crippen molar-refractivity contribution in [2.24, 2.45) is 0 Å². The third-order valence-corrected chi connectivity index (χ3v) is 3.90. The lowest BCUT2D eigenvalue weighted by Crippen LogP contribution is -2.44. The lowest BCUT2D eigenvalue weighted by molar-refractivity contribution is -0.136. The van der Waals surface area contributed by atoms with E-state index in [-0.39, 0.29) is 6.61 Å². The Bertz CT molecular complexity index is 874. The molecule has 0 saturated heterocycles. The molecule has 1 aromatic heterocycles. The third kappa shape index (κ3) is 4.24. The number of carbonyl (C=O) groups excluding carboxylic acids is 2. The quantitative estimate of drug-likeness (QED) is 0.535. The Morgan fingerprint density at radius 1 is 1.04 bits per heavy atom. The number of aromatic nitrogens is 1. The maximum Gasteiger partial charge on any atom is 0.313 e. The maximum atomic E-state index is 12.1. The number of aliphatic hydroxyl groups excluding tert-OH is 1. The maximum absolute atomic E-state index is 12.1. The van der Waals surface area contributed by atoms with E-state index in [2.05, 4.69) is 15.6 Å². The lowest BCUT2D eigenvalue weighted by Gasteiger charge is -2.16. The van der Waals surface area contributed by atoms with E-state index in [9.17, 15) is 14.7 Å². The molecule has 0 saturated carbocycles. The number of hydrogen-bond donors (Lipinski definition) is 4. The van der Waals surface area contributed by atoms with Gasteiger partial charge in [-0.25, -0.2) is 0 Å². The van der Waals surface area contributed by atoms with Crippen molar-refractivity contribution < 1.29 is 14.7 Å². The molecule has 1 unspecified atom stereocenters. The van der Waals surface area contributed by atoms with Crippen LogP contribution in [0.3, 0.4) is 0 Å². The van der Waals surface area contributed by atoms with E-state index in [1.165, 1.54) is 0 Å². The summed E-state index contributed by atoms with van der Waals surface area (Å²) in [7, 11) is 0. The van der Waals surface area contributed by atoms with E-state index in [0.29, 0.717) is 12.1 Å². The van der Waals surface area contributed by atoms with Crippen LogP contribution in [0.4, 0.5) is 5.69 Å². The molecule has 2 aromatic carbocycles. The summed E-state index contributed by atoms with van der Waals surface area (Å²) in [5, 5.41) is 15.5. The van der Waals surface area contributed by atoms with E-state index in [4.69, 9.17) is 0 Å². The number of aliphatic hydroxyl groups is 1. The molecule has 3 rings (SSSR count). The van der Waals surface area contributed by atoms with Crippen molar-refractivity contribution in [3.8, 4) is 0 Å². The average molecular weight is 337 g/mol. The van der Waals surface area contributed by atoms with E-state index in [1.807, 2.05) is 42.5 Å². The average Bonchev–Trinajstić information content (AvgIpc) is 3.09. The van der Waals surface area contributed by atoms with Gasteiger partial charge in [0.05, 0.1) is 12.6 Å². The molecule has 0 aliphatic heterocycles. The highest BCUT2D eigenvalue weighted by Crippen LogP contribution is 2.17. The van der Waals surface area contributed by atoms with Crippen LogP contribution >= 0.6 is 0 Å². The summed E-state index contributed by atoms with van der Waals surface area (Å²) in [6.45, 7) is -0.247. The van der Waals surface area contributed by atoms with Crippen LogP contribution in [-0.2, 0) is 16.0 Å². The van der Waals surface area contributed by atoms with Gasteiger partial charge < -0.3 is 20.7 Å². The van der Waals surface area contributed by atoms with Crippen molar-refractivity contribution in [1.82, 2.24) is 10.3 Å². The minimum atomic E-state index is -0.774. The zero-order chi connectivity index (χ0) is 17.6. The fraction of sp³-hybridized carbons (Fsp3) is 0.158. The van der Waals surface area contributed by atoms with Crippen LogP contribution < -0.4 is 10.6 Å². The molecular weight excluding hydrogens is 318 g/mol. The van der Waals surface area contributed by atoms with Gasteiger partial charge in [0, 0.05) is 22.8 Å². The molecule has 1 heterocycles. The zero-order valence-corrected chi connectivity index (χ0v) is 13.5. The van der Waals surface area contributed by atoms with Gasteiger partial charge in [0.25, 0.3) is 0 Å². The Balaban J connectivity index is 1.60. The van der Waals surface area contributed by atoms with Crippen molar-refractivity contribution in [2.45, 2.75) is 12.5 Å². The first kappa shape index (κ1) is 16.7. The number of H-pyrrole nitrogens is 1. The highest BCUT2D eigenvalue weighted by atomic mass is 16.3. The minimum Gasteiger partial charge on any atom is -0.394 e. The molecule has 1 atom stereocenters. The van der Waals surface area contributed by atoms with Crippen LogP contribution in [0.25, 0.3) is 10.9 Å². The number of hydrogen-bond acceptors (Lipinski definition) is 3.